The van der Waals surface area contributed by atoms with Gasteiger partial charge in [0, 0.05) is 12.6 Å². The third-order valence-electron chi connectivity index (χ3n) is 3.89. The summed E-state index contributed by atoms with van der Waals surface area (Å²) in [6, 6.07) is 10.1. The molecule has 1 amide bonds. The molecule has 0 aliphatic carbocycles. The van der Waals surface area contributed by atoms with Crippen molar-refractivity contribution >= 4 is 11.6 Å². The van der Waals surface area contributed by atoms with Gasteiger partial charge in [0.05, 0.1) is 5.56 Å². The Kier molecular flexibility index (Phi) is 5.12. The molecule has 29 heavy (non-hydrogen) atoms. The number of aryl methyl sites for hydroxylation is 1. The van der Waals surface area contributed by atoms with E-state index in [1.807, 2.05) is 0 Å². The Hall–Kier alpha value is -3.30. The van der Waals surface area contributed by atoms with Gasteiger partial charge in [0.15, 0.2) is 11.6 Å². The fourth-order valence-corrected chi connectivity index (χ4v) is 2.68. The van der Waals surface area contributed by atoms with Crippen LogP contribution in [0, 0.1) is 6.92 Å². The molecule has 1 N–H and O–H groups in total. The predicted molar refractivity (Wildman–Crippen MR) is 91.1 cm³/mol. The van der Waals surface area contributed by atoms with Crippen LogP contribution in [-0.4, -0.2) is 10.9 Å². The van der Waals surface area contributed by atoms with E-state index in [0.717, 1.165) is 6.07 Å². The molecule has 0 unspecified atom stereocenters. The Balaban J connectivity index is 1.86. The van der Waals surface area contributed by atoms with E-state index in [2.05, 4.69) is 14.7 Å². The second-order valence-corrected chi connectivity index (χ2v) is 5.98. The summed E-state index contributed by atoms with van der Waals surface area (Å²) in [6.07, 6.45) is -9.46. The van der Waals surface area contributed by atoms with Crippen molar-refractivity contribution in [1.82, 2.24) is 4.98 Å². The van der Waals surface area contributed by atoms with Crippen molar-refractivity contribution in [1.29, 1.82) is 0 Å². The highest BCUT2D eigenvalue weighted by molar-refractivity contribution is 6.03. The third kappa shape index (κ3) is 4.41. The summed E-state index contributed by atoms with van der Waals surface area (Å²) in [5.41, 5.74) is -1.52. The number of hydrogen-bond acceptors (Lipinski definition) is 3. The molecule has 1 heterocycles. The summed E-state index contributed by atoms with van der Waals surface area (Å²) in [5, 5.41) is 2.22. The minimum absolute atomic E-state index is 0.0654. The molecule has 0 aliphatic rings. The Morgan fingerprint density at radius 3 is 2.14 bits per heavy atom. The zero-order valence-electron chi connectivity index (χ0n) is 14.7. The molecule has 0 saturated heterocycles. The molecular weight excluding hydrogens is 402 g/mol. The average Bonchev–Trinajstić information content (AvgIpc) is 3.04. The first-order chi connectivity index (χ1) is 13.5. The van der Waals surface area contributed by atoms with Gasteiger partial charge in [-0.05, 0) is 29.3 Å². The predicted octanol–water partition coefficient (Wildman–Crippen LogP) is 5.94. The molecule has 152 valence electrons. The molecule has 4 nitrogen and oxygen atoms in total. The summed E-state index contributed by atoms with van der Waals surface area (Å²) < 4.78 is 82.7. The van der Waals surface area contributed by atoms with Crippen molar-refractivity contribution in [2.45, 2.75) is 19.3 Å². The second-order valence-electron chi connectivity index (χ2n) is 5.98. The highest BCUT2D eigenvalue weighted by Gasteiger charge is 2.41. The van der Waals surface area contributed by atoms with Gasteiger partial charge in [-0.1, -0.05) is 30.3 Å². The van der Waals surface area contributed by atoms with Crippen LogP contribution in [0.1, 0.15) is 27.7 Å². The Labute approximate surface area is 160 Å². The molecule has 0 radical (unpaired) electrons. The molecular formula is C19H12F6N2O2. The summed E-state index contributed by atoms with van der Waals surface area (Å²) in [6.45, 7) is 1.17. The molecule has 0 bridgehead atoms. The van der Waals surface area contributed by atoms with Gasteiger partial charge in [0.2, 0.25) is 5.76 Å². The van der Waals surface area contributed by atoms with Crippen LogP contribution in [0.5, 0.6) is 0 Å². The average molecular weight is 414 g/mol. The Bertz CT molecular complexity index is 1040. The molecule has 10 heteroatoms. The van der Waals surface area contributed by atoms with Crippen LogP contribution in [0.15, 0.2) is 52.9 Å². The van der Waals surface area contributed by atoms with Crippen LogP contribution in [-0.2, 0) is 12.4 Å². The monoisotopic (exact) mass is 414 g/mol. The third-order valence-corrected chi connectivity index (χ3v) is 3.89. The van der Waals surface area contributed by atoms with E-state index >= 15 is 0 Å². The molecule has 3 aromatic rings. The van der Waals surface area contributed by atoms with Crippen molar-refractivity contribution in [3.63, 3.8) is 0 Å². The van der Waals surface area contributed by atoms with Gasteiger partial charge in [-0.25, -0.2) is 4.98 Å². The van der Waals surface area contributed by atoms with Crippen molar-refractivity contribution in [2.24, 2.45) is 0 Å². The second kappa shape index (κ2) is 7.26. The minimum Gasteiger partial charge on any atom is -0.436 e. The maximum atomic E-state index is 13.1. The van der Waals surface area contributed by atoms with E-state index in [1.165, 1.54) is 49.4 Å². The van der Waals surface area contributed by atoms with E-state index in [0.29, 0.717) is 0 Å². The van der Waals surface area contributed by atoms with Crippen LogP contribution < -0.4 is 5.32 Å². The molecule has 3 rings (SSSR count). The van der Waals surface area contributed by atoms with Crippen LogP contribution in [0.3, 0.4) is 0 Å². The van der Waals surface area contributed by atoms with E-state index in [-0.39, 0.29) is 22.7 Å². The largest absolute Gasteiger partial charge is 0.452 e. The van der Waals surface area contributed by atoms with Gasteiger partial charge in [0.1, 0.15) is 0 Å². The Morgan fingerprint density at radius 1 is 0.931 bits per heavy atom. The van der Waals surface area contributed by atoms with Gasteiger partial charge >= 0.3 is 12.4 Å². The fourth-order valence-electron chi connectivity index (χ4n) is 2.68. The zero-order valence-corrected chi connectivity index (χ0v) is 14.7. The summed E-state index contributed by atoms with van der Waals surface area (Å²) >= 11 is 0. The summed E-state index contributed by atoms with van der Waals surface area (Å²) in [5.74, 6) is -3.01. The van der Waals surface area contributed by atoms with Gasteiger partial charge in [0.25, 0.3) is 5.91 Å². The number of carbonyl (C=O) groups is 1. The van der Waals surface area contributed by atoms with E-state index < -0.39 is 35.3 Å². The highest BCUT2D eigenvalue weighted by Crippen LogP contribution is 2.37. The van der Waals surface area contributed by atoms with Gasteiger partial charge < -0.3 is 9.73 Å². The normalized spacial score (nSPS) is 12.1. The molecule has 0 fully saturated rings. The van der Waals surface area contributed by atoms with Crippen LogP contribution >= 0.6 is 0 Å². The zero-order chi connectivity index (χ0) is 21.4. The van der Waals surface area contributed by atoms with Crippen molar-refractivity contribution < 1.29 is 35.6 Å². The van der Waals surface area contributed by atoms with Crippen molar-refractivity contribution in [3.05, 3.63) is 71.4 Å². The maximum Gasteiger partial charge on any atom is 0.452 e. The van der Waals surface area contributed by atoms with Crippen molar-refractivity contribution in [3.8, 4) is 11.1 Å². The van der Waals surface area contributed by atoms with E-state index in [9.17, 15) is 31.1 Å². The maximum absolute atomic E-state index is 13.1. The van der Waals surface area contributed by atoms with E-state index in [1.54, 1.807) is 0 Å². The lowest BCUT2D eigenvalue weighted by Gasteiger charge is -2.13. The van der Waals surface area contributed by atoms with Crippen molar-refractivity contribution in [2.75, 3.05) is 5.32 Å². The topological polar surface area (TPSA) is 55.1 Å². The number of halogens is 6. The number of benzene rings is 2. The summed E-state index contributed by atoms with van der Waals surface area (Å²) in [4.78, 5) is 15.6. The number of alkyl halides is 6. The SMILES string of the molecule is Cc1nc(C(=O)Nc2ccc(-c3ccccc3C(F)(F)F)cc2)c(C(F)(F)F)o1. The molecule has 0 atom stereocenters. The summed E-state index contributed by atoms with van der Waals surface area (Å²) in [7, 11) is 0. The number of nitrogens with one attached hydrogen (secondary N) is 1. The molecule has 1 aromatic heterocycles. The number of hydrogen-bond donors (Lipinski definition) is 1. The Morgan fingerprint density at radius 2 is 1.55 bits per heavy atom. The lowest BCUT2D eigenvalue weighted by atomic mass is 9.99. The van der Waals surface area contributed by atoms with Crippen LogP contribution in [0.2, 0.25) is 0 Å². The van der Waals surface area contributed by atoms with Crippen LogP contribution in [0.25, 0.3) is 11.1 Å². The lowest BCUT2D eigenvalue weighted by Crippen LogP contribution is -2.18. The number of anilines is 1. The van der Waals surface area contributed by atoms with E-state index in [4.69, 9.17) is 0 Å². The molecule has 0 aliphatic heterocycles. The number of amides is 1. The first-order valence-electron chi connectivity index (χ1n) is 8.09. The fraction of sp³-hybridized carbons (Fsp3) is 0.158. The van der Waals surface area contributed by atoms with Crippen LogP contribution in [0.4, 0.5) is 32.0 Å². The van der Waals surface area contributed by atoms with Gasteiger partial charge in [-0.15, -0.1) is 0 Å². The molecule has 0 saturated carbocycles. The first-order valence-corrected chi connectivity index (χ1v) is 8.09. The quantitative estimate of drug-likeness (QED) is 0.540. The number of carbonyl (C=O) groups excluding carboxylic acids is 1. The highest BCUT2D eigenvalue weighted by atomic mass is 19.4. The molecule has 2 aromatic carbocycles. The first kappa shape index (κ1) is 20.4. The lowest BCUT2D eigenvalue weighted by molar-refractivity contribution is -0.153. The van der Waals surface area contributed by atoms with Gasteiger partial charge in [-0.3, -0.25) is 4.79 Å². The molecule has 0 spiro atoms. The minimum atomic E-state index is -4.90. The number of rotatable bonds is 3. The number of oxazole rings is 1. The number of nitrogens with zero attached hydrogens (tertiary/aromatic N) is 1. The standard InChI is InChI=1S/C19H12F6N2O2/c1-10-26-15(16(29-10)19(23,24)25)17(28)27-12-8-6-11(7-9-12)13-4-2-3-5-14(13)18(20,21)22/h2-9H,1H3,(H,27,28). The smallest absolute Gasteiger partial charge is 0.436 e. The number of aromatic nitrogens is 1. The van der Waals surface area contributed by atoms with Gasteiger partial charge in [-0.2, -0.15) is 26.3 Å².